The predicted octanol–water partition coefficient (Wildman–Crippen LogP) is 3.95. The molecule has 0 aliphatic carbocycles. The number of nitrogens with one attached hydrogen (secondary N) is 1. The summed E-state index contributed by atoms with van der Waals surface area (Å²) in [6.45, 7) is 4.30. The van der Waals surface area contributed by atoms with Gasteiger partial charge >= 0.3 is 0 Å². The van der Waals surface area contributed by atoms with Gasteiger partial charge < -0.3 is 14.8 Å². The van der Waals surface area contributed by atoms with E-state index in [-0.39, 0.29) is 5.57 Å². The topological polar surface area (TPSA) is 71.3 Å². The van der Waals surface area contributed by atoms with E-state index in [9.17, 15) is 10.1 Å². The molecule has 25 heavy (non-hydrogen) atoms. The summed E-state index contributed by atoms with van der Waals surface area (Å²) >= 11 is 0. The van der Waals surface area contributed by atoms with Crippen molar-refractivity contribution >= 4 is 17.7 Å². The first kappa shape index (κ1) is 18.1. The molecule has 0 aromatic heterocycles. The Bertz CT molecular complexity index is 835. The van der Waals surface area contributed by atoms with Crippen LogP contribution in [0.3, 0.4) is 0 Å². The Morgan fingerprint density at radius 1 is 1.24 bits per heavy atom. The van der Waals surface area contributed by atoms with E-state index in [1.165, 1.54) is 6.08 Å². The fourth-order valence-corrected chi connectivity index (χ4v) is 2.27. The lowest BCUT2D eigenvalue weighted by molar-refractivity contribution is -0.112. The summed E-state index contributed by atoms with van der Waals surface area (Å²) in [7, 11) is 1.54. The van der Waals surface area contributed by atoms with Gasteiger partial charge in [0.1, 0.15) is 11.6 Å². The van der Waals surface area contributed by atoms with E-state index in [0.29, 0.717) is 29.4 Å². The lowest BCUT2D eigenvalue weighted by Crippen LogP contribution is -2.14. The molecular weight excluding hydrogens is 316 g/mol. The molecule has 0 unspecified atom stereocenters. The quantitative estimate of drug-likeness (QED) is 0.640. The zero-order valence-electron chi connectivity index (χ0n) is 14.5. The fraction of sp³-hybridized carbons (Fsp3) is 0.200. The summed E-state index contributed by atoms with van der Waals surface area (Å²) in [5, 5.41) is 12.1. The molecule has 0 bridgehead atoms. The number of hydrogen-bond acceptors (Lipinski definition) is 4. The third-order valence-electron chi connectivity index (χ3n) is 3.56. The van der Waals surface area contributed by atoms with Gasteiger partial charge in [0.15, 0.2) is 11.5 Å². The van der Waals surface area contributed by atoms with Crippen molar-refractivity contribution in [3.8, 4) is 17.6 Å². The molecule has 2 aromatic rings. The zero-order chi connectivity index (χ0) is 18.2. The first-order valence-electron chi connectivity index (χ1n) is 7.88. The van der Waals surface area contributed by atoms with Crippen molar-refractivity contribution in [2.75, 3.05) is 19.0 Å². The second-order valence-electron chi connectivity index (χ2n) is 5.28. The van der Waals surface area contributed by atoms with Gasteiger partial charge in [0, 0.05) is 5.69 Å². The highest BCUT2D eigenvalue weighted by Gasteiger charge is 2.12. The van der Waals surface area contributed by atoms with E-state index >= 15 is 0 Å². The molecule has 0 heterocycles. The second-order valence-corrected chi connectivity index (χ2v) is 5.28. The van der Waals surface area contributed by atoms with Gasteiger partial charge in [0.05, 0.1) is 13.7 Å². The summed E-state index contributed by atoms with van der Waals surface area (Å²) < 4.78 is 10.8. The molecule has 128 valence electrons. The number of methoxy groups -OCH3 is 1. The number of aryl methyl sites for hydroxylation is 1. The van der Waals surface area contributed by atoms with E-state index in [1.54, 1.807) is 31.4 Å². The Morgan fingerprint density at radius 2 is 2.00 bits per heavy atom. The Kier molecular flexibility index (Phi) is 6.19. The third kappa shape index (κ3) is 4.61. The van der Waals surface area contributed by atoms with Crippen LogP contribution in [0.25, 0.3) is 6.08 Å². The van der Waals surface area contributed by atoms with Crippen LogP contribution in [-0.2, 0) is 4.79 Å². The Labute approximate surface area is 147 Å². The Hall–Kier alpha value is -3.26. The number of para-hydroxylation sites is 1. The van der Waals surface area contributed by atoms with Crippen LogP contribution >= 0.6 is 0 Å². The van der Waals surface area contributed by atoms with Crippen molar-refractivity contribution in [3.63, 3.8) is 0 Å². The van der Waals surface area contributed by atoms with Gasteiger partial charge in [-0.1, -0.05) is 24.3 Å². The maximum atomic E-state index is 12.4. The molecule has 2 aromatic carbocycles. The molecule has 5 heteroatoms. The lowest BCUT2D eigenvalue weighted by Gasteiger charge is -2.10. The van der Waals surface area contributed by atoms with E-state index < -0.39 is 5.91 Å². The number of anilines is 1. The average Bonchev–Trinajstić information content (AvgIpc) is 2.62. The van der Waals surface area contributed by atoms with Crippen molar-refractivity contribution in [1.82, 2.24) is 0 Å². The number of benzene rings is 2. The van der Waals surface area contributed by atoms with Crippen molar-refractivity contribution in [3.05, 3.63) is 59.2 Å². The molecule has 0 saturated carbocycles. The number of rotatable bonds is 6. The van der Waals surface area contributed by atoms with Gasteiger partial charge in [0.2, 0.25) is 0 Å². The van der Waals surface area contributed by atoms with Crippen molar-refractivity contribution in [1.29, 1.82) is 5.26 Å². The van der Waals surface area contributed by atoms with Crippen LogP contribution in [-0.4, -0.2) is 19.6 Å². The normalized spacial score (nSPS) is 10.7. The SMILES string of the molecule is CCOc1ccc(/C=C(/C#N)C(=O)Nc2ccccc2C)cc1OC. The zero-order valence-corrected chi connectivity index (χ0v) is 14.5. The highest BCUT2D eigenvalue weighted by atomic mass is 16.5. The summed E-state index contributed by atoms with van der Waals surface area (Å²) in [6.07, 6.45) is 1.52. The molecule has 5 nitrogen and oxygen atoms in total. The van der Waals surface area contributed by atoms with Gasteiger partial charge in [-0.2, -0.15) is 5.26 Å². The highest BCUT2D eigenvalue weighted by molar-refractivity contribution is 6.10. The Morgan fingerprint density at radius 3 is 2.64 bits per heavy atom. The minimum Gasteiger partial charge on any atom is -0.493 e. The number of carbonyl (C=O) groups is 1. The first-order valence-corrected chi connectivity index (χ1v) is 7.88. The van der Waals surface area contributed by atoms with Crippen molar-refractivity contribution in [2.45, 2.75) is 13.8 Å². The van der Waals surface area contributed by atoms with Gasteiger partial charge in [-0.3, -0.25) is 4.79 Å². The smallest absolute Gasteiger partial charge is 0.266 e. The molecule has 0 saturated heterocycles. The van der Waals surface area contributed by atoms with E-state index in [2.05, 4.69) is 5.32 Å². The van der Waals surface area contributed by atoms with Crippen LogP contribution in [0, 0.1) is 18.3 Å². The molecule has 1 N–H and O–H groups in total. The van der Waals surface area contributed by atoms with E-state index in [0.717, 1.165) is 5.56 Å². The molecular formula is C20H20N2O3. The largest absolute Gasteiger partial charge is 0.493 e. The molecule has 0 aliphatic heterocycles. The van der Waals surface area contributed by atoms with Gasteiger partial charge in [-0.25, -0.2) is 0 Å². The van der Waals surface area contributed by atoms with Gasteiger partial charge in [-0.15, -0.1) is 0 Å². The molecule has 0 aliphatic rings. The molecule has 2 rings (SSSR count). The van der Waals surface area contributed by atoms with Gasteiger partial charge in [-0.05, 0) is 49.2 Å². The van der Waals surface area contributed by atoms with E-state index in [4.69, 9.17) is 9.47 Å². The summed E-state index contributed by atoms with van der Waals surface area (Å²) in [4.78, 5) is 12.4. The molecule has 1 amide bonds. The third-order valence-corrected chi connectivity index (χ3v) is 3.56. The molecule has 0 fully saturated rings. The minimum atomic E-state index is -0.454. The number of amides is 1. The second kappa shape index (κ2) is 8.55. The van der Waals surface area contributed by atoms with Crippen LogP contribution in [0.4, 0.5) is 5.69 Å². The molecule has 0 spiro atoms. The van der Waals surface area contributed by atoms with Gasteiger partial charge in [0.25, 0.3) is 5.91 Å². The number of nitrogens with zero attached hydrogens (tertiary/aromatic N) is 1. The van der Waals surface area contributed by atoms with Crippen LogP contribution in [0.15, 0.2) is 48.0 Å². The van der Waals surface area contributed by atoms with Crippen LogP contribution in [0.1, 0.15) is 18.1 Å². The number of carbonyl (C=O) groups excluding carboxylic acids is 1. The van der Waals surface area contributed by atoms with Crippen LogP contribution < -0.4 is 14.8 Å². The maximum Gasteiger partial charge on any atom is 0.266 e. The average molecular weight is 336 g/mol. The van der Waals surface area contributed by atoms with Crippen molar-refractivity contribution < 1.29 is 14.3 Å². The Balaban J connectivity index is 2.26. The summed E-state index contributed by atoms with van der Waals surface area (Å²) in [5.41, 5.74) is 2.29. The standard InChI is InChI=1S/C20H20N2O3/c1-4-25-18-10-9-15(12-19(18)24-3)11-16(13-21)20(23)22-17-8-6-5-7-14(17)2/h5-12H,4H2,1-3H3,(H,22,23)/b16-11-. The monoisotopic (exact) mass is 336 g/mol. The van der Waals surface area contributed by atoms with Crippen LogP contribution in [0.2, 0.25) is 0 Å². The summed E-state index contributed by atoms with van der Waals surface area (Å²) in [5.74, 6) is 0.710. The number of ether oxygens (including phenoxy) is 2. The van der Waals surface area contributed by atoms with Crippen molar-refractivity contribution in [2.24, 2.45) is 0 Å². The highest BCUT2D eigenvalue weighted by Crippen LogP contribution is 2.29. The first-order chi connectivity index (χ1) is 12.1. The minimum absolute atomic E-state index is 0.00876. The van der Waals surface area contributed by atoms with Crippen LogP contribution in [0.5, 0.6) is 11.5 Å². The molecule has 0 atom stereocenters. The predicted molar refractivity (Wildman–Crippen MR) is 97.6 cm³/mol. The summed E-state index contributed by atoms with van der Waals surface area (Å²) in [6, 6.07) is 14.6. The number of hydrogen-bond donors (Lipinski definition) is 1. The van der Waals surface area contributed by atoms with E-state index in [1.807, 2.05) is 38.1 Å². The molecule has 0 radical (unpaired) electrons. The fourth-order valence-electron chi connectivity index (χ4n) is 2.27. The number of nitriles is 1. The lowest BCUT2D eigenvalue weighted by atomic mass is 10.1. The maximum absolute atomic E-state index is 12.4.